The van der Waals surface area contributed by atoms with Crippen molar-refractivity contribution in [2.45, 2.75) is 19.6 Å². The van der Waals surface area contributed by atoms with Gasteiger partial charge in [0.1, 0.15) is 11.8 Å². The lowest BCUT2D eigenvalue weighted by atomic mass is 10.2. The molecule has 0 bridgehead atoms. The Morgan fingerprint density at radius 1 is 1.47 bits per heavy atom. The monoisotopic (exact) mass is 268 g/mol. The minimum absolute atomic E-state index is 0.0194. The molecule has 0 saturated heterocycles. The van der Waals surface area contributed by atoms with Crippen molar-refractivity contribution < 1.29 is 18.3 Å². The van der Waals surface area contributed by atoms with Crippen LogP contribution in [-0.2, 0) is 4.79 Å². The molecule has 19 heavy (non-hydrogen) atoms. The number of alkyl halides is 2. The average molecular weight is 268 g/mol. The van der Waals surface area contributed by atoms with E-state index < -0.39 is 12.7 Å². The zero-order valence-corrected chi connectivity index (χ0v) is 10.3. The van der Waals surface area contributed by atoms with Crippen LogP contribution in [0.4, 0.5) is 14.5 Å². The van der Waals surface area contributed by atoms with E-state index in [4.69, 9.17) is 6.42 Å². The molecule has 4 nitrogen and oxygen atoms in total. The fraction of sp³-hybridized carbons (Fsp3) is 0.308. The summed E-state index contributed by atoms with van der Waals surface area (Å²) in [5.74, 6) is 1.92. The summed E-state index contributed by atoms with van der Waals surface area (Å²) in [5, 5.41) is 5.27. The molecule has 1 unspecified atom stereocenters. The quantitative estimate of drug-likeness (QED) is 0.774. The lowest BCUT2D eigenvalue weighted by molar-refractivity contribution is -0.121. The highest BCUT2D eigenvalue weighted by molar-refractivity contribution is 5.84. The molecule has 0 saturated carbocycles. The van der Waals surface area contributed by atoms with E-state index >= 15 is 0 Å². The number of rotatable bonds is 6. The van der Waals surface area contributed by atoms with E-state index in [0.29, 0.717) is 5.69 Å². The lowest BCUT2D eigenvalue weighted by Crippen LogP contribution is -2.37. The number of para-hydroxylation sites is 2. The molecule has 0 aliphatic carbocycles. The van der Waals surface area contributed by atoms with Gasteiger partial charge in [-0.2, -0.15) is 8.78 Å². The van der Waals surface area contributed by atoms with Gasteiger partial charge in [-0.05, 0) is 19.1 Å². The Labute approximate surface area is 110 Å². The van der Waals surface area contributed by atoms with Gasteiger partial charge in [0.15, 0.2) is 0 Å². The van der Waals surface area contributed by atoms with Gasteiger partial charge in [-0.15, -0.1) is 6.42 Å². The van der Waals surface area contributed by atoms with E-state index in [0.717, 1.165) is 0 Å². The molecular formula is C13H14F2N2O2. The van der Waals surface area contributed by atoms with Gasteiger partial charge in [0.2, 0.25) is 5.91 Å². The molecule has 6 heteroatoms. The first kappa shape index (κ1) is 14.8. The standard InChI is InChI=1S/C13H14F2N2O2/c1-3-8-16-12(18)9(2)17-10-6-4-5-7-11(10)19-13(14)15/h1,4-7,9,13,17H,8H2,2H3,(H,16,18). The number of nitrogens with one attached hydrogen (secondary N) is 2. The second-order valence-corrected chi connectivity index (χ2v) is 3.66. The molecule has 1 atom stereocenters. The molecule has 1 amide bonds. The highest BCUT2D eigenvalue weighted by atomic mass is 19.3. The zero-order valence-electron chi connectivity index (χ0n) is 10.3. The topological polar surface area (TPSA) is 50.4 Å². The smallest absolute Gasteiger partial charge is 0.387 e. The molecule has 0 heterocycles. The predicted molar refractivity (Wildman–Crippen MR) is 68.0 cm³/mol. The van der Waals surface area contributed by atoms with Crippen LogP contribution in [0.5, 0.6) is 5.75 Å². The molecule has 102 valence electrons. The third-order valence-corrected chi connectivity index (χ3v) is 2.23. The van der Waals surface area contributed by atoms with Crippen LogP contribution in [0.25, 0.3) is 0 Å². The summed E-state index contributed by atoms with van der Waals surface area (Å²) in [6.45, 7) is -1.22. The first-order valence-electron chi connectivity index (χ1n) is 5.56. The summed E-state index contributed by atoms with van der Waals surface area (Å²) in [4.78, 5) is 11.6. The molecule has 2 N–H and O–H groups in total. The van der Waals surface area contributed by atoms with Gasteiger partial charge >= 0.3 is 6.61 Å². The SMILES string of the molecule is C#CCNC(=O)C(C)Nc1ccccc1OC(F)F. The average Bonchev–Trinajstić information content (AvgIpc) is 2.37. The van der Waals surface area contributed by atoms with E-state index in [9.17, 15) is 13.6 Å². The van der Waals surface area contributed by atoms with Crippen molar-refractivity contribution in [3.63, 3.8) is 0 Å². The summed E-state index contributed by atoms with van der Waals surface area (Å²) in [7, 11) is 0. The second-order valence-electron chi connectivity index (χ2n) is 3.66. The third kappa shape index (κ3) is 4.84. The first-order chi connectivity index (χ1) is 9.04. The Balaban J connectivity index is 2.71. The van der Waals surface area contributed by atoms with Gasteiger partial charge < -0.3 is 15.4 Å². The van der Waals surface area contributed by atoms with Crippen LogP contribution >= 0.6 is 0 Å². The summed E-state index contributed by atoms with van der Waals surface area (Å²) in [6.07, 6.45) is 5.02. The van der Waals surface area contributed by atoms with E-state index in [2.05, 4.69) is 21.3 Å². The number of hydrogen-bond acceptors (Lipinski definition) is 3. The number of benzene rings is 1. The Bertz CT molecular complexity index is 472. The Hall–Kier alpha value is -2.29. The van der Waals surface area contributed by atoms with Crippen molar-refractivity contribution in [2.24, 2.45) is 0 Å². The second kappa shape index (κ2) is 7.21. The number of halogens is 2. The van der Waals surface area contributed by atoms with Crippen LogP contribution < -0.4 is 15.4 Å². The lowest BCUT2D eigenvalue weighted by Gasteiger charge is -2.17. The van der Waals surface area contributed by atoms with Crippen molar-refractivity contribution in [3.05, 3.63) is 24.3 Å². The van der Waals surface area contributed by atoms with Crippen molar-refractivity contribution in [1.82, 2.24) is 5.32 Å². The van der Waals surface area contributed by atoms with Crippen LogP contribution in [0, 0.1) is 12.3 Å². The van der Waals surface area contributed by atoms with Crippen LogP contribution in [0.15, 0.2) is 24.3 Å². The molecular weight excluding hydrogens is 254 g/mol. The van der Waals surface area contributed by atoms with Gasteiger partial charge in [0, 0.05) is 0 Å². The molecule has 0 aliphatic rings. The molecule has 1 aromatic rings. The van der Waals surface area contributed by atoms with Crippen molar-refractivity contribution >= 4 is 11.6 Å². The summed E-state index contributed by atoms with van der Waals surface area (Å²) in [6, 6.07) is 5.51. The highest BCUT2D eigenvalue weighted by Gasteiger charge is 2.15. The highest BCUT2D eigenvalue weighted by Crippen LogP contribution is 2.25. The maximum atomic E-state index is 12.2. The van der Waals surface area contributed by atoms with E-state index in [-0.39, 0.29) is 18.2 Å². The number of anilines is 1. The fourth-order valence-corrected chi connectivity index (χ4v) is 1.37. The van der Waals surface area contributed by atoms with E-state index in [1.807, 2.05) is 0 Å². The third-order valence-electron chi connectivity index (χ3n) is 2.23. The molecule has 0 radical (unpaired) electrons. The van der Waals surface area contributed by atoms with Crippen molar-refractivity contribution in [3.8, 4) is 18.1 Å². The fourth-order valence-electron chi connectivity index (χ4n) is 1.37. The Kier molecular flexibility index (Phi) is 5.61. The normalized spacial score (nSPS) is 11.5. The number of hydrogen-bond donors (Lipinski definition) is 2. The van der Waals surface area contributed by atoms with Gasteiger partial charge in [-0.25, -0.2) is 0 Å². The Morgan fingerprint density at radius 2 is 2.16 bits per heavy atom. The van der Waals surface area contributed by atoms with Gasteiger partial charge in [-0.3, -0.25) is 4.79 Å². The molecule has 0 aliphatic heterocycles. The summed E-state index contributed by atoms with van der Waals surface area (Å²) < 4.78 is 28.8. The molecule has 1 rings (SSSR count). The summed E-state index contributed by atoms with van der Waals surface area (Å²) >= 11 is 0. The van der Waals surface area contributed by atoms with Gasteiger partial charge in [0.25, 0.3) is 0 Å². The van der Waals surface area contributed by atoms with Crippen molar-refractivity contribution in [1.29, 1.82) is 0 Å². The Morgan fingerprint density at radius 3 is 2.79 bits per heavy atom. The maximum absolute atomic E-state index is 12.2. The van der Waals surface area contributed by atoms with Gasteiger partial charge in [-0.1, -0.05) is 18.1 Å². The molecule has 0 spiro atoms. The molecule has 0 aromatic heterocycles. The van der Waals surface area contributed by atoms with Crippen LogP contribution in [0.3, 0.4) is 0 Å². The van der Waals surface area contributed by atoms with Crippen LogP contribution in [-0.4, -0.2) is 25.1 Å². The molecule has 1 aromatic carbocycles. The van der Waals surface area contributed by atoms with Crippen LogP contribution in [0.1, 0.15) is 6.92 Å². The van der Waals surface area contributed by atoms with Crippen molar-refractivity contribution in [2.75, 3.05) is 11.9 Å². The summed E-state index contributed by atoms with van der Waals surface area (Å²) in [5.41, 5.74) is 0.311. The first-order valence-corrected chi connectivity index (χ1v) is 5.56. The minimum Gasteiger partial charge on any atom is -0.433 e. The molecule has 0 fully saturated rings. The number of terminal acetylenes is 1. The number of ether oxygens (including phenoxy) is 1. The van der Waals surface area contributed by atoms with E-state index in [1.165, 1.54) is 6.07 Å². The number of carbonyl (C=O) groups is 1. The van der Waals surface area contributed by atoms with E-state index in [1.54, 1.807) is 25.1 Å². The van der Waals surface area contributed by atoms with Crippen LogP contribution in [0.2, 0.25) is 0 Å². The maximum Gasteiger partial charge on any atom is 0.387 e. The largest absolute Gasteiger partial charge is 0.433 e. The predicted octanol–water partition coefficient (Wildman–Crippen LogP) is 1.84. The number of amides is 1. The van der Waals surface area contributed by atoms with Gasteiger partial charge in [0.05, 0.1) is 12.2 Å². The minimum atomic E-state index is -2.92. The zero-order chi connectivity index (χ0) is 14.3. The number of carbonyl (C=O) groups excluding carboxylic acids is 1.